The van der Waals surface area contributed by atoms with Gasteiger partial charge in [0.25, 0.3) is 0 Å². The summed E-state index contributed by atoms with van der Waals surface area (Å²) in [6, 6.07) is -0.783. The van der Waals surface area contributed by atoms with Gasteiger partial charge in [-0.15, -0.1) is 0 Å². The summed E-state index contributed by atoms with van der Waals surface area (Å²) < 4.78 is 30.0. The van der Waals surface area contributed by atoms with E-state index in [2.05, 4.69) is 0 Å². The summed E-state index contributed by atoms with van der Waals surface area (Å²) in [7, 11) is -2.00. The molecule has 0 aromatic carbocycles. The van der Waals surface area contributed by atoms with Gasteiger partial charge in [0.1, 0.15) is 12.6 Å². The Kier molecular flexibility index (Phi) is 4.54. The zero-order valence-corrected chi connectivity index (χ0v) is 13.3. The van der Waals surface area contributed by atoms with Crippen LogP contribution in [0.25, 0.3) is 0 Å². The van der Waals surface area contributed by atoms with E-state index < -0.39 is 16.1 Å². The number of carbonyl (C=O) groups excluding carboxylic acids is 2. The molecule has 0 saturated carbocycles. The van der Waals surface area contributed by atoms with E-state index in [1.165, 1.54) is 16.3 Å². The van der Waals surface area contributed by atoms with Crippen molar-refractivity contribution in [3.8, 4) is 0 Å². The van der Waals surface area contributed by atoms with Gasteiger partial charge in [0.15, 0.2) is 0 Å². The lowest BCUT2D eigenvalue weighted by molar-refractivity contribution is -0.134. The van der Waals surface area contributed by atoms with Gasteiger partial charge in [-0.25, -0.2) is 8.42 Å². The van der Waals surface area contributed by atoms with E-state index in [0.29, 0.717) is 13.0 Å². The molecule has 0 unspecified atom stereocenters. The Bertz CT molecular complexity index is 535. The van der Waals surface area contributed by atoms with Gasteiger partial charge in [0, 0.05) is 26.6 Å². The summed E-state index contributed by atoms with van der Waals surface area (Å²) >= 11 is 0. The Morgan fingerprint density at radius 1 is 1.43 bits per heavy atom. The third-order valence-electron chi connectivity index (χ3n) is 3.98. The lowest BCUT2D eigenvalue weighted by Crippen LogP contribution is -2.47. The van der Waals surface area contributed by atoms with Gasteiger partial charge in [-0.05, 0) is 6.92 Å². The van der Waals surface area contributed by atoms with Crippen molar-refractivity contribution in [3.63, 3.8) is 0 Å². The molecule has 8 nitrogen and oxygen atoms in total. The van der Waals surface area contributed by atoms with Crippen molar-refractivity contribution in [1.29, 1.82) is 0 Å². The molecule has 0 aliphatic carbocycles. The van der Waals surface area contributed by atoms with Crippen LogP contribution in [-0.2, 0) is 24.3 Å². The molecule has 120 valence electrons. The van der Waals surface area contributed by atoms with Crippen LogP contribution in [0.15, 0.2) is 0 Å². The Balaban J connectivity index is 2.15. The molecule has 0 N–H and O–H groups in total. The number of amides is 2. The second kappa shape index (κ2) is 5.90. The molecule has 9 heteroatoms. The fourth-order valence-electron chi connectivity index (χ4n) is 2.76. The van der Waals surface area contributed by atoms with E-state index >= 15 is 0 Å². The zero-order valence-electron chi connectivity index (χ0n) is 12.5. The Hall–Kier alpha value is -1.19. The molecule has 0 aromatic rings. The van der Waals surface area contributed by atoms with Gasteiger partial charge < -0.3 is 14.5 Å². The van der Waals surface area contributed by atoms with Crippen molar-refractivity contribution in [1.82, 2.24) is 14.1 Å². The minimum Gasteiger partial charge on any atom is -0.380 e. The summed E-state index contributed by atoms with van der Waals surface area (Å²) in [5, 5.41) is 0. The van der Waals surface area contributed by atoms with Crippen molar-refractivity contribution in [3.05, 3.63) is 0 Å². The standard InChI is InChI=1S/C12H21N3O5S/c1-4-13-8-14(7-11(13)16)12(17)10-5-9(20-2)6-15(10)21(3,18)19/h9-10H,4-8H2,1-3H3/t9-,10+/m0/s1. The number of ether oxygens (including phenoxy) is 1. The molecule has 0 bridgehead atoms. The highest BCUT2D eigenvalue weighted by Crippen LogP contribution is 2.25. The summed E-state index contributed by atoms with van der Waals surface area (Å²) in [6.45, 7) is 2.78. The Morgan fingerprint density at radius 2 is 2.10 bits per heavy atom. The molecule has 2 amide bonds. The van der Waals surface area contributed by atoms with Crippen molar-refractivity contribution >= 4 is 21.8 Å². The first-order valence-corrected chi connectivity index (χ1v) is 8.69. The van der Waals surface area contributed by atoms with Gasteiger partial charge in [-0.1, -0.05) is 0 Å². The van der Waals surface area contributed by atoms with Crippen molar-refractivity contribution in [2.45, 2.75) is 25.5 Å². The molecule has 2 aliphatic rings. The van der Waals surface area contributed by atoms with Crippen LogP contribution in [0.5, 0.6) is 0 Å². The average molecular weight is 319 g/mol. The third kappa shape index (κ3) is 3.19. The van der Waals surface area contributed by atoms with E-state index in [4.69, 9.17) is 4.74 Å². The molecular formula is C12H21N3O5S. The summed E-state index contributed by atoms with van der Waals surface area (Å²) in [5.74, 6) is -0.442. The Morgan fingerprint density at radius 3 is 2.57 bits per heavy atom. The summed E-state index contributed by atoms with van der Waals surface area (Å²) in [5.41, 5.74) is 0. The van der Waals surface area contributed by atoms with E-state index in [0.717, 1.165) is 6.26 Å². The maximum absolute atomic E-state index is 12.6. The maximum atomic E-state index is 12.6. The molecule has 2 saturated heterocycles. The smallest absolute Gasteiger partial charge is 0.243 e. The van der Waals surface area contributed by atoms with E-state index in [1.54, 1.807) is 4.90 Å². The minimum absolute atomic E-state index is 0.0123. The largest absolute Gasteiger partial charge is 0.380 e. The van der Waals surface area contributed by atoms with Gasteiger partial charge in [-0.2, -0.15) is 4.31 Å². The molecular weight excluding hydrogens is 298 g/mol. The summed E-state index contributed by atoms with van der Waals surface area (Å²) in [6.07, 6.45) is 1.10. The number of hydrogen-bond donors (Lipinski definition) is 0. The molecule has 0 radical (unpaired) electrons. The molecule has 2 atom stereocenters. The van der Waals surface area contributed by atoms with Crippen LogP contribution in [0.1, 0.15) is 13.3 Å². The topological polar surface area (TPSA) is 87.2 Å². The first-order chi connectivity index (χ1) is 9.77. The molecule has 2 heterocycles. The number of methoxy groups -OCH3 is 1. The van der Waals surface area contributed by atoms with Crippen LogP contribution < -0.4 is 0 Å². The van der Waals surface area contributed by atoms with E-state index in [1.807, 2.05) is 6.92 Å². The highest BCUT2D eigenvalue weighted by molar-refractivity contribution is 7.88. The van der Waals surface area contributed by atoms with Crippen LogP contribution in [0.3, 0.4) is 0 Å². The lowest BCUT2D eigenvalue weighted by atomic mass is 10.2. The minimum atomic E-state index is -3.49. The molecule has 2 rings (SSSR count). The van der Waals surface area contributed by atoms with Crippen LogP contribution in [-0.4, -0.2) is 86.2 Å². The number of rotatable bonds is 4. The normalized spacial score (nSPS) is 27.7. The highest BCUT2D eigenvalue weighted by Gasteiger charge is 2.45. The fraction of sp³-hybridized carbons (Fsp3) is 0.833. The third-order valence-corrected chi connectivity index (χ3v) is 5.23. The molecule has 0 aromatic heterocycles. The van der Waals surface area contributed by atoms with Crippen LogP contribution >= 0.6 is 0 Å². The number of nitrogens with zero attached hydrogens (tertiary/aromatic N) is 3. The average Bonchev–Trinajstić information content (AvgIpc) is 3.00. The first-order valence-electron chi connectivity index (χ1n) is 6.84. The van der Waals surface area contributed by atoms with Gasteiger partial charge in [0.05, 0.1) is 19.0 Å². The molecule has 0 spiro atoms. The predicted molar refractivity (Wildman–Crippen MR) is 74.7 cm³/mol. The SMILES string of the molecule is CCN1CN(C(=O)[C@H]2C[C@H](OC)CN2S(C)(=O)=O)CC1=O. The molecule has 21 heavy (non-hydrogen) atoms. The fourth-order valence-corrected chi connectivity index (χ4v) is 3.84. The molecule has 2 aliphatic heterocycles. The monoisotopic (exact) mass is 319 g/mol. The van der Waals surface area contributed by atoms with Crippen LogP contribution in [0.4, 0.5) is 0 Å². The number of hydrogen-bond acceptors (Lipinski definition) is 5. The zero-order chi connectivity index (χ0) is 15.8. The van der Waals surface area contributed by atoms with Crippen LogP contribution in [0.2, 0.25) is 0 Å². The number of sulfonamides is 1. The molecule has 2 fully saturated rings. The van der Waals surface area contributed by atoms with Gasteiger partial charge >= 0.3 is 0 Å². The quantitative estimate of drug-likeness (QED) is 0.642. The second-order valence-electron chi connectivity index (χ2n) is 5.37. The number of likely N-dealkylation sites (N-methyl/N-ethyl adjacent to an activating group) is 1. The van der Waals surface area contributed by atoms with Crippen molar-refractivity contribution < 1.29 is 22.7 Å². The number of carbonyl (C=O) groups is 2. The summed E-state index contributed by atoms with van der Waals surface area (Å²) in [4.78, 5) is 27.2. The maximum Gasteiger partial charge on any atom is 0.243 e. The highest BCUT2D eigenvalue weighted by atomic mass is 32.2. The van der Waals surface area contributed by atoms with Gasteiger partial charge in [0.2, 0.25) is 21.8 Å². The van der Waals surface area contributed by atoms with E-state index in [9.17, 15) is 18.0 Å². The first kappa shape index (κ1) is 16.2. The van der Waals surface area contributed by atoms with Crippen LogP contribution in [0, 0.1) is 0 Å². The van der Waals surface area contributed by atoms with Crippen molar-refractivity contribution in [2.75, 3.05) is 39.7 Å². The van der Waals surface area contributed by atoms with Crippen molar-refractivity contribution in [2.24, 2.45) is 0 Å². The Labute approximate surface area is 124 Å². The van der Waals surface area contributed by atoms with Gasteiger partial charge in [-0.3, -0.25) is 9.59 Å². The lowest BCUT2D eigenvalue weighted by Gasteiger charge is -2.25. The predicted octanol–water partition coefficient (Wildman–Crippen LogP) is -1.32. The van der Waals surface area contributed by atoms with E-state index in [-0.39, 0.29) is 37.7 Å². The second-order valence-corrected chi connectivity index (χ2v) is 7.30.